The van der Waals surface area contributed by atoms with Crippen LogP contribution in [-0.4, -0.2) is 21.7 Å². The van der Waals surface area contributed by atoms with Gasteiger partial charge in [-0.3, -0.25) is 0 Å². The van der Waals surface area contributed by atoms with Gasteiger partial charge in [0.2, 0.25) is 0 Å². The fourth-order valence-corrected chi connectivity index (χ4v) is 1.42. The van der Waals surface area contributed by atoms with Crippen LogP contribution in [0.25, 0.3) is 0 Å². The number of ether oxygens (including phenoxy) is 1. The van der Waals surface area contributed by atoms with Crippen LogP contribution in [0.4, 0.5) is 0 Å². The Bertz CT molecular complexity index is 337. The van der Waals surface area contributed by atoms with E-state index in [4.69, 9.17) is 9.84 Å². The van der Waals surface area contributed by atoms with E-state index in [2.05, 4.69) is 9.97 Å². The van der Waals surface area contributed by atoms with Gasteiger partial charge in [-0.2, -0.15) is 0 Å². The van der Waals surface area contributed by atoms with Gasteiger partial charge in [0.25, 0.3) is 0 Å². The van der Waals surface area contributed by atoms with Gasteiger partial charge in [-0.1, -0.05) is 12.8 Å². The first-order valence-electron chi connectivity index (χ1n) is 5.36. The number of hydrogen-bond donors (Lipinski definition) is 1. The maximum Gasteiger partial charge on any atom is 0.316 e. The summed E-state index contributed by atoms with van der Waals surface area (Å²) < 4.78 is 5.43. The highest BCUT2D eigenvalue weighted by molar-refractivity contribution is 5.16. The molecule has 1 fully saturated rings. The van der Waals surface area contributed by atoms with Gasteiger partial charge in [0, 0.05) is 11.8 Å². The fraction of sp³-hybridized carbons (Fsp3) is 0.636. The average Bonchev–Trinajstić information content (AvgIpc) is 3.02. The van der Waals surface area contributed by atoms with Crippen LogP contribution in [0.1, 0.15) is 30.5 Å². The maximum absolute atomic E-state index is 8.95. The van der Waals surface area contributed by atoms with Crippen molar-refractivity contribution in [1.82, 2.24) is 9.97 Å². The molecule has 1 heterocycles. The molecule has 0 spiro atoms. The molecule has 0 unspecified atom stereocenters. The summed E-state index contributed by atoms with van der Waals surface area (Å²) in [6, 6.07) is 0.422. The quantitative estimate of drug-likeness (QED) is 0.795. The minimum atomic E-state index is -0.0197. The van der Waals surface area contributed by atoms with Crippen molar-refractivity contribution in [1.29, 1.82) is 0 Å². The van der Waals surface area contributed by atoms with Crippen molar-refractivity contribution in [3.63, 3.8) is 0 Å². The summed E-state index contributed by atoms with van der Waals surface area (Å²) >= 11 is 0. The van der Waals surface area contributed by atoms with Gasteiger partial charge >= 0.3 is 6.01 Å². The van der Waals surface area contributed by atoms with Crippen molar-refractivity contribution in [3.8, 4) is 6.01 Å². The van der Waals surface area contributed by atoms with E-state index in [0.717, 1.165) is 23.6 Å². The smallest absolute Gasteiger partial charge is 0.316 e. The third kappa shape index (κ3) is 2.89. The zero-order valence-corrected chi connectivity index (χ0v) is 8.94. The molecule has 1 aromatic heterocycles. The number of nitrogens with zero attached hydrogens (tertiary/aromatic N) is 2. The van der Waals surface area contributed by atoms with Crippen molar-refractivity contribution in [3.05, 3.63) is 17.5 Å². The number of aromatic nitrogens is 2. The minimum absolute atomic E-state index is 0.0197. The van der Waals surface area contributed by atoms with Gasteiger partial charge in [0.1, 0.15) is 0 Å². The second kappa shape index (κ2) is 4.57. The van der Waals surface area contributed by atoms with Crippen LogP contribution in [0.5, 0.6) is 6.01 Å². The van der Waals surface area contributed by atoms with E-state index < -0.39 is 0 Å². The van der Waals surface area contributed by atoms with E-state index in [9.17, 15) is 0 Å². The van der Waals surface area contributed by atoms with E-state index in [-0.39, 0.29) is 6.61 Å². The first kappa shape index (κ1) is 10.4. The van der Waals surface area contributed by atoms with Gasteiger partial charge < -0.3 is 9.84 Å². The van der Waals surface area contributed by atoms with Crippen molar-refractivity contribution in [2.75, 3.05) is 6.61 Å². The summed E-state index contributed by atoms with van der Waals surface area (Å²) in [5.41, 5.74) is 1.54. The van der Waals surface area contributed by atoms with E-state index >= 15 is 0 Å². The summed E-state index contributed by atoms with van der Waals surface area (Å²) in [6.45, 7) is 2.53. The molecule has 0 radical (unpaired) electrons. The number of rotatable bonds is 5. The highest BCUT2D eigenvalue weighted by atomic mass is 16.5. The van der Waals surface area contributed by atoms with E-state index in [0.29, 0.717) is 12.6 Å². The molecule has 2 rings (SSSR count). The van der Waals surface area contributed by atoms with Crippen molar-refractivity contribution in [2.45, 2.75) is 32.8 Å². The Morgan fingerprint density at radius 3 is 2.93 bits per heavy atom. The predicted octanol–water partition coefficient (Wildman–Crippen LogP) is 1.46. The molecule has 1 saturated carbocycles. The molecule has 0 aliphatic heterocycles. The highest BCUT2D eigenvalue weighted by Gasteiger charge is 2.20. The topological polar surface area (TPSA) is 55.2 Å². The van der Waals surface area contributed by atoms with Crippen LogP contribution in [0.2, 0.25) is 0 Å². The standard InChI is InChI=1S/C11H16N2O2/c1-8-10(7-14)6-12-11(13-8)15-5-4-9-2-3-9/h6,9,14H,2-5,7H2,1H3. The van der Waals surface area contributed by atoms with Gasteiger partial charge in [0.05, 0.1) is 18.9 Å². The van der Waals surface area contributed by atoms with Gasteiger partial charge in [0.15, 0.2) is 0 Å². The second-order valence-electron chi connectivity index (χ2n) is 4.00. The molecule has 4 heteroatoms. The van der Waals surface area contributed by atoms with Gasteiger partial charge in [-0.25, -0.2) is 9.97 Å². The van der Waals surface area contributed by atoms with E-state index in [1.165, 1.54) is 12.8 Å². The Balaban J connectivity index is 1.87. The first-order chi connectivity index (χ1) is 7.29. The second-order valence-corrected chi connectivity index (χ2v) is 4.00. The zero-order chi connectivity index (χ0) is 10.7. The molecule has 0 atom stereocenters. The van der Waals surface area contributed by atoms with Crippen LogP contribution in [0.3, 0.4) is 0 Å². The molecule has 1 N–H and O–H groups in total. The van der Waals surface area contributed by atoms with Crippen LogP contribution in [-0.2, 0) is 6.61 Å². The molecule has 1 aliphatic carbocycles. The molecular formula is C11H16N2O2. The average molecular weight is 208 g/mol. The minimum Gasteiger partial charge on any atom is -0.463 e. The molecular weight excluding hydrogens is 192 g/mol. The normalized spacial score (nSPS) is 15.3. The summed E-state index contributed by atoms with van der Waals surface area (Å²) in [6.07, 6.45) is 5.40. The lowest BCUT2D eigenvalue weighted by Gasteiger charge is -2.05. The largest absolute Gasteiger partial charge is 0.463 e. The third-order valence-corrected chi connectivity index (χ3v) is 2.68. The van der Waals surface area contributed by atoms with Crippen molar-refractivity contribution >= 4 is 0 Å². The molecule has 82 valence electrons. The fourth-order valence-electron chi connectivity index (χ4n) is 1.42. The lowest BCUT2D eigenvalue weighted by atomic mass is 10.3. The molecule has 4 nitrogen and oxygen atoms in total. The lowest BCUT2D eigenvalue weighted by molar-refractivity contribution is 0.269. The van der Waals surface area contributed by atoms with Gasteiger partial charge in [-0.05, 0) is 19.3 Å². The summed E-state index contributed by atoms with van der Waals surface area (Å²) in [5.74, 6) is 0.864. The molecule has 0 amide bonds. The van der Waals surface area contributed by atoms with E-state index in [1.807, 2.05) is 6.92 Å². The Hall–Kier alpha value is -1.16. The lowest BCUT2D eigenvalue weighted by Crippen LogP contribution is -2.04. The number of aliphatic hydroxyl groups is 1. The Labute approximate surface area is 89.3 Å². The Morgan fingerprint density at radius 2 is 2.33 bits per heavy atom. The molecule has 0 aromatic carbocycles. The van der Waals surface area contributed by atoms with Crippen LogP contribution >= 0.6 is 0 Å². The molecule has 15 heavy (non-hydrogen) atoms. The number of hydrogen-bond acceptors (Lipinski definition) is 4. The van der Waals surface area contributed by atoms with Crippen LogP contribution in [0, 0.1) is 12.8 Å². The maximum atomic E-state index is 8.95. The molecule has 0 bridgehead atoms. The van der Waals surface area contributed by atoms with Crippen molar-refractivity contribution < 1.29 is 9.84 Å². The number of aryl methyl sites for hydroxylation is 1. The summed E-state index contributed by atoms with van der Waals surface area (Å²) in [5, 5.41) is 8.95. The highest BCUT2D eigenvalue weighted by Crippen LogP contribution is 2.32. The third-order valence-electron chi connectivity index (χ3n) is 2.68. The first-order valence-corrected chi connectivity index (χ1v) is 5.36. The molecule has 0 saturated heterocycles. The number of aliphatic hydroxyl groups excluding tert-OH is 1. The summed E-state index contributed by atoms with van der Waals surface area (Å²) in [4.78, 5) is 8.20. The predicted molar refractivity (Wildman–Crippen MR) is 55.5 cm³/mol. The Morgan fingerprint density at radius 1 is 1.53 bits per heavy atom. The monoisotopic (exact) mass is 208 g/mol. The SMILES string of the molecule is Cc1nc(OCCC2CC2)ncc1CO. The van der Waals surface area contributed by atoms with Crippen LogP contribution < -0.4 is 4.74 Å². The van der Waals surface area contributed by atoms with Crippen molar-refractivity contribution in [2.24, 2.45) is 5.92 Å². The zero-order valence-electron chi connectivity index (χ0n) is 8.94. The van der Waals surface area contributed by atoms with Gasteiger partial charge in [-0.15, -0.1) is 0 Å². The van der Waals surface area contributed by atoms with Crippen LogP contribution in [0.15, 0.2) is 6.20 Å². The van der Waals surface area contributed by atoms with E-state index in [1.54, 1.807) is 6.20 Å². The summed E-state index contributed by atoms with van der Waals surface area (Å²) in [7, 11) is 0. The molecule has 1 aromatic rings. The molecule has 1 aliphatic rings. The Kier molecular flexibility index (Phi) is 3.16.